The lowest BCUT2D eigenvalue weighted by molar-refractivity contribution is 0.0922. The van der Waals surface area contributed by atoms with E-state index in [1.165, 1.54) is 12.8 Å². The normalized spacial score (nSPS) is 17.9. The van der Waals surface area contributed by atoms with E-state index in [9.17, 15) is 9.59 Å². The van der Waals surface area contributed by atoms with Gasteiger partial charge in [0, 0.05) is 28.9 Å². The zero-order chi connectivity index (χ0) is 23.5. The Labute approximate surface area is 198 Å². The number of aromatic nitrogens is 3. The second kappa shape index (κ2) is 9.47. The molecule has 2 heterocycles. The van der Waals surface area contributed by atoms with Gasteiger partial charge in [-0.2, -0.15) is 0 Å². The summed E-state index contributed by atoms with van der Waals surface area (Å²) >= 11 is 0. The van der Waals surface area contributed by atoms with Gasteiger partial charge in [-0.15, -0.1) is 0 Å². The third kappa shape index (κ3) is 4.83. The van der Waals surface area contributed by atoms with Crippen LogP contribution in [0.5, 0.6) is 0 Å². The van der Waals surface area contributed by atoms with E-state index < -0.39 is 0 Å². The minimum Gasteiger partial charge on any atom is -0.349 e. The Balaban J connectivity index is 1.28. The van der Waals surface area contributed by atoms with Crippen LogP contribution in [0.2, 0.25) is 0 Å². The molecule has 0 bridgehead atoms. The first-order valence-electron chi connectivity index (χ1n) is 11.7. The third-order valence-corrected chi connectivity index (χ3v) is 6.42. The maximum atomic E-state index is 12.6. The Bertz CT molecular complexity index is 1310. The van der Waals surface area contributed by atoms with Gasteiger partial charge in [-0.25, -0.2) is 9.97 Å². The van der Waals surface area contributed by atoms with Gasteiger partial charge in [0.15, 0.2) is 0 Å². The van der Waals surface area contributed by atoms with Gasteiger partial charge >= 0.3 is 0 Å². The molecule has 34 heavy (non-hydrogen) atoms. The highest BCUT2D eigenvalue weighted by Gasteiger charge is 2.20. The van der Waals surface area contributed by atoms with Gasteiger partial charge in [0.2, 0.25) is 0 Å². The van der Waals surface area contributed by atoms with Crippen LogP contribution in [0, 0.1) is 5.92 Å². The number of benzene rings is 2. The van der Waals surface area contributed by atoms with E-state index >= 15 is 0 Å². The number of rotatable bonds is 5. The van der Waals surface area contributed by atoms with Gasteiger partial charge < -0.3 is 15.6 Å². The minimum atomic E-state index is -0.237. The monoisotopic (exact) mass is 453 g/mol. The Morgan fingerprint density at radius 1 is 0.912 bits per heavy atom. The minimum absolute atomic E-state index is 0.0285. The summed E-state index contributed by atoms with van der Waals surface area (Å²) in [6.07, 6.45) is 6.06. The van der Waals surface area contributed by atoms with Crippen molar-refractivity contribution >= 4 is 28.7 Å². The molecule has 0 unspecified atom stereocenters. The highest BCUT2D eigenvalue weighted by atomic mass is 16.2. The molecule has 0 saturated heterocycles. The number of anilines is 1. The van der Waals surface area contributed by atoms with Crippen LogP contribution < -0.4 is 10.6 Å². The number of pyridine rings is 1. The molecule has 1 saturated carbocycles. The van der Waals surface area contributed by atoms with Gasteiger partial charge in [0.1, 0.15) is 11.6 Å². The Kier molecular flexibility index (Phi) is 6.08. The van der Waals surface area contributed by atoms with E-state index in [0.717, 1.165) is 35.4 Å². The fraction of sp³-hybridized carbons (Fsp3) is 0.259. The number of carbonyl (C=O) groups excluding carboxylic acids is 2. The van der Waals surface area contributed by atoms with E-state index in [1.807, 2.05) is 36.4 Å². The van der Waals surface area contributed by atoms with Crippen LogP contribution in [0.4, 0.5) is 5.82 Å². The topological polar surface area (TPSA) is 99.8 Å². The molecule has 2 amide bonds. The number of hydrogen-bond acceptors (Lipinski definition) is 4. The summed E-state index contributed by atoms with van der Waals surface area (Å²) in [6.45, 7) is 2.27. The number of fused-ring (bicyclic) bond motifs is 1. The zero-order valence-electron chi connectivity index (χ0n) is 19.0. The molecule has 4 aromatic rings. The fourth-order valence-electron chi connectivity index (χ4n) is 4.37. The molecular weight excluding hydrogens is 426 g/mol. The van der Waals surface area contributed by atoms with Crippen LogP contribution in [0.1, 0.15) is 53.3 Å². The molecule has 1 aliphatic rings. The van der Waals surface area contributed by atoms with Crippen LogP contribution in [-0.2, 0) is 0 Å². The maximum Gasteiger partial charge on any atom is 0.256 e. The molecule has 1 fully saturated rings. The van der Waals surface area contributed by atoms with Crippen molar-refractivity contribution in [2.75, 3.05) is 5.32 Å². The molecule has 2 aromatic heterocycles. The molecule has 1 aliphatic carbocycles. The van der Waals surface area contributed by atoms with E-state index in [0.29, 0.717) is 22.8 Å². The highest BCUT2D eigenvalue weighted by molar-refractivity contribution is 6.05. The van der Waals surface area contributed by atoms with Crippen molar-refractivity contribution in [3.8, 4) is 11.4 Å². The van der Waals surface area contributed by atoms with Crippen LogP contribution in [0.15, 0.2) is 66.9 Å². The number of amides is 2. The number of H-pyrrole nitrogens is 1. The number of hydrogen-bond donors (Lipinski definition) is 3. The van der Waals surface area contributed by atoms with Crippen molar-refractivity contribution in [2.45, 2.75) is 38.6 Å². The van der Waals surface area contributed by atoms with Gasteiger partial charge in [-0.3, -0.25) is 9.59 Å². The summed E-state index contributed by atoms with van der Waals surface area (Å²) in [6, 6.07) is 18.4. The molecule has 0 atom stereocenters. The highest BCUT2D eigenvalue weighted by Crippen LogP contribution is 2.25. The molecule has 7 nitrogen and oxygen atoms in total. The van der Waals surface area contributed by atoms with E-state index in [1.54, 1.807) is 30.5 Å². The summed E-state index contributed by atoms with van der Waals surface area (Å²) in [7, 11) is 0. The Morgan fingerprint density at radius 3 is 2.41 bits per heavy atom. The van der Waals surface area contributed by atoms with Gasteiger partial charge in [-0.1, -0.05) is 25.1 Å². The van der Waals surface area contributed by atoms with Crippen LogP contribution >= 0.6 is 0 Å². The maximum absolute atomic E-state index is 12.6. The van der Waals surface area contributed by atoms with Crippen LogP contribution in [0.3, 0.4) is 0 Å². The summed E-state index contributed by atoms with van der Waals surface area (Å²) in [5, 5.41) is 5.95. The van der Waals surface area contributed by atoms with Gasteiger partial charge in [0.05, 0.1) is 11.0 Å². The summed E-state index contributed by atoms with van der Waals surface area (Å²) < 4.78 is 0. The molecule has 0 aliphatic heterocycles. The summed E-state index contributed by atoms with van der Waals surface area (Å²) in [5.74, 6) is 1.67. The third-order valence-electron chi connectivity index (χ3n) is 6.42. The average molecular weight is 454 g/mol. The van der Waals surface area contributed by atoms with Crippen molar-refractivity contribution in [2.24, 2.45) is 5.92 Å². The zero-order valence-corrected chi connectivity index (χ0v) is 19.0. The van der Waals surface area contributed by atoms with Crippen LogP contribution in [-0.4, -0.2) is 32.8 Å². The number of imidazole rings is 1. The van der Waals surface area contributed by atoms with E-state index in [2.05, 4.69) is 32.5 Å². The van der Waals surface area contributed by atoms with Crippen molar-refractivity contribution in [3.05, 3.63) is 78.0 Å². The van der Waals surface area contributed by atoms with Gasteiger partial charge in [0.25, 0.3) is 11.8 Å². The average Bonchev–Trinajstić information content (AvgIpc) is 3.30. The Morgan fingerprint density at radius 2 is 1.68 bits per heavy atom. The van der Waals surface area contributed by atoms with Crippen molar-refractivity contribution in [1.82, 2.24) is 20.3 Å². The quantitative estimate of drug-likeness (QED) is 0.387. The molecule has 7 heteroatoms. The number of nitrogens with zero attached hydrogens (tertiary/aromatic N) is 2. The molecule has 0 radical (unpaired) electrons. The lowest BCUT2D eigenvalue weighted by atomic mass is 9.87. The first kappa shape index (κ1) is 21.8. The molecular formula is C27H27N5O2. The summed E-state index contributed by atoms with van der Waals surface area (Å²) in [4.78, 5) is 37.3. The number of aromatic amines is 1. The van der Waals surface area contributed by atoms with Gasteiger partial charge in [-0.05, 0) is 74.1 Å². The Hall–Kier alpha value is -4.00. The standard InChI is InChI=1S/C27H27N5O2/c1-17-5-12-21(13-6-17)29-26(33)19-9-7-18(8-10-19)25-30-22-14-11-20(16-23(22)31-25)27(34)32-24-4-2-3-15-28-24/h2-4,7-11,14-17,21H,5-6,12-13H2,1H3,(H,29,33)(H,30,31)(H,28,32,34). The second-order valence-electron chi connectivity index (χ2n) is 8.99. The molecule has 172 valence electrons. The lowest BCUT2D eigenvalue weighted by Crippen LogP contribution is -2.37. The first-order chi connectivity index (χ1) is 16.5. The predicted octanol–water partition coefficient (Wildman–Crippen LogP) is 5.19. The molecule has 3 N–H and O–H groups in total. The molecule has 0 spiro atoms. The molecule has 5 rings (SSSR count). The van der Waals surface area contributed by atoms with E-state index in [-0.39, 0.29) is 17.9 Å². The van der Waals surface area contributed by atoms with Crippen LogP contribution in [0.25, 0.3) is 22.4 Å². The fourth-order valence-corrected chi connectivity index (χ4v) is 4.37. The SMILES string of the molecule is CC1CCC(NC(=O)c2ccc(-c3nc4ccc(C(=O)Nc5ccccn5)cc4[nH]3)cc2)CC1. The van der Waals surface area contributed by atoms with Crippen molar-refractivity contribution in [3.63, 3.8) is 0 Å². The number of nitrogens with one attached hydrogen (secondary N) is 3. The largest absolute Gasteiger partial charge is 0.349 e. The predicted molar refractivity (Wildman–Crippen MR) is 133 cm³/mol. The lowest BCUT2D eigenvalue weighted by Gasteiger charge is -2.26. The van der Waals surface area contributed by atoms with E-state index in [4.69, 9.17) is 0 Å². The smallest absolute Gasteiger partial charge is 0.256 e. The van der Waals surface area contributed by atoms with Crippen molar-refractivity contribution in [1.29, 1.82) is 0 Å². The molecule has 2 aromatic carbocycles. The first-order valence-corrected chi connectivity index (χ1v) is 11.7. The second-order valence-corrected chi connectivity index (χ2v) is 8.99. The summed E-state index contributed by atoms with van der Waals surface area (Å²) in [5.41, 5.74) is 3.55. The van der Waals surface area contributed by atoms with Crippen molar-refractivity contribution < 1.29 is 9.59 Å². The number of carbonyl (C=O) groups is 2.